The molecule has 1 aromatic carbocycles. The predicted octanol–water partition coefficient (Wildman–Crippen LogP) is 1.78. The number of nitrogens with zero attached hydrogens (tertiary/aromatic N) is 2. The number of nitriles is 1. The monoisotopic (exact) mass is 452 g/mol. The van der Waals surface area contributed by atoms with Crippen molar-refractivity contribution in [1.82, 2.24) is 0 Å². The Balaban J connectivity index is 1.62. The topological polar surface area (TPSA) is 82.8 Å². The molecule has 0 radical (unpaired) electrons. The molecular formula is C18H17IN2O4. The minimum atomic E-state index is -0.674. The largest absolute Gasteiger partial charge is 0.390 e. The number of carbonyl (C=O) groups is 1. The highest BCUT2D eigenvalue weighted by Crippen LogP contribution is 2.65. The third kappa shape index (κ3) is 1.81. The number of amides is 1. The second-order valence-corrected chi connectivity index (χ2v) is 8.75. The van der Waals surface area contributed by atoms with Crippen molar-refractivity contribution in [3.8, 4) is 6.07 Å². The van der Waals surface area contributed by atoms with Gasteiger partial charge in [-0.25, -0.2) is 0 Å². The molecule has 5 rings (SSSR count). The first-order valence-electron chi connectivity index (χ1n) is 8.44. The number of benzene rings is 1. The van der Waals surface area contributed by atoms with Crippen LogP contribution in [0.25, 0.3) is 0 Å². The van der Waals surface area contributed by atoms with Gasteiger partial charge in [-0.05, 0) is 47.7 Å². The standard InChI is InChI=1S/C18H17IN2O4/c1-17-7-12(22)18(25-17)4-5-24-16-14(18)13(17)15(23)21(16)10-3-2-9(8-20)11(19)6-10/h2-3,6,12-14,16,22H,4-5,7H2,1H3/t12-,13+,14-,16-,17+,18-/m0/s1. The lowest BCUT2D eigenvalue weighted by Gasteiger charge is -2.43. The highest BCUT2D eigenvalue weighted by molar-refractivity contribution is 14.1. The number of aliphatic hydroxyl groups excluding tert-OH is 1. The first kappa shape index (κ1) is 16.0. The van der Waals surface area contributed by atoms with Crippen LogP contribution in [0.3, 0.4) is 0 Å². The summed E-state index contributed by atoms with van der Waals surface area (Å²) in [5.74, 6) is -0.459. The molecule has 7 heteroatoms. The first-order valence-corrected chi connectivity index (χ1v) is 9.52. The van der Waals surface area contributed by atoms with Crippen molar-refractivity contribution in [2.75, 3.05) is 11.5 Å². The van der Waals surface area contributed by atoms with Crippen molar-refractivity contribution in [2.45, 2.75) is 43.3 Å². The summed E-state index contributed by atoms with van der Waals surface area (Å²) < 4.78 is 13.1. The summed E-state index contributed by atoms with van der Waals surface area (Å²) in [4.78, 5) is 15.0. The van der Waals surface area contributed by atoms with Crippen LogP contribution in [0.1, 0.15) is 25.3 Å². The van der Waals surface area contributed by atoms with Gasteiger partial charge in [0, 0.05) is 22.1 Å². The van der Waals surface area contributed by atoms with Crippen LogP contribution in [-0.2, 0) is 14.3 Å². The highest BCUT2D eigenvalue weighted by Gasteiger charge is 2.78. The third-order valence-electron chi connectivity index (χ3n) is 6.36. The molecule has 0 aliphatic carbocycles. The summed E-state index contributed by atoms with van der Waals surface area (Å²) in [6.45, 7) is 2.40. The quantitative estimate of drug-likeness (QED) is 0.658. The van der Waals surface area contributed by atoms with Crippen LogP contribution in [0.4, 0.5) is 5.69 Å². The molecule has 2 bridgehead atoms. The Morgan fingerprint density at radius 3 is 3.00 bits per heavy atom. The normalized spacial score (nSPS) is 44.1. The maximum Gasteiger partial charge on any atom is 0.235 e. The van der Waals surface area contributed by atoms with Crippen LogP contribution in [0, 0.1) is 26.7 Å². The Bertz CT molecular complexity index is 839. The number of fused-ring (bicyclic) bond motifs is 2. The fourth-order valence-electron chi connectivity index (χ4n) is 5.42. The Morgan fingerprint density at radius 2 is 2.28 bits per heavy atom. The molecule has 1 aromatic rings. The summed E-state index contributed by atoms with van der Waals surface area (Å²) in [7, 11) is 0. The van der Waals surface area contributed by atoms with Crippen molar-refractivity contribution < 1.29 is 19.4 Å². The number of halogens is 1. The molecule has 4 aliphatic heterocycles. The maximum atomic E-state index is 13.3. The minimum Gasteiger partial charge on any atom is -0.390 e. The smallest absolute Gasteiger partial charge is 0.235 e. The summed E-state index contributed by atoms with van der Waals surface area (Å²) >= 11 is 2.11. The average Bonchev–Trinajstić information content (AvgIpc) is 3.11. The number of rotatable bonds is 1. The van der Waals surface area contributed by atoms with E-state index < -0.39 is 23.5 Å². The van der Waals surface area contributed by atoms with Crippen LogP contribution in [-0.4, -0.2) is 41.2 Å². The highest BCUT2D eigenvalue weighted by atomic mass is 127. The molecule has 4 saturated heterocycles. The van der Waals surface area contributed by atoms with E-state index in [1.165, 1.54) is 0 Å². The molecule has 1 spiro atoms. The van der Waals surface area contributed by atoms with E-state index in [0.29, 0.717) is 25.0 Å². The fourth-order valence-corrected chi connectivity index (χ4v) is 6.04. The molecule has 0 aromatic heterocycles. The molecule has 0 unspecified atom stereocenters. The van der Waals surface area contributed by atoms with Crippen LogP contribution in [0.15, 0.2) is 18.2 Å². The van der Waals surface area contributed by atoms with Gasteiger partial charge in [0.1, 0.15) is 17.9 Å². The van der Waals surface area contributed by atoms with E-state index in [9.17, 15) is 9.90 Å². The maximum absolute atomic E-state index is 13.3. The van der Waals surface area contributed by atoms with E-state index in [0.717, 1.165) is 9.26 Å². The first-order chi connectivity index (χ1) is 11.9. The van der Waals surface area contributed by atoms with Gasteiger partial charge in [0.15, 0.2) is 0 Å². The Kier molecular flexibility index (Phi) is 3.16. The molecule has 25 heavy (non-hydrogen) atoms. The second-order valence-electron chi connectivity index (χ2n) is 7.59. The van der Waals surface area contributed by atoms with E-state index in [2.05, 4.69) is 28.7 Å². The lowest BCUT2D eigenvalue weighted by atomic mass is 9.65. The van der Waals surface area contributed by atoms with Crippen LogP contribution >= 0.6 is 22.6 Å². The molecule has 1 N–H and O–H groups in total. The fraction of sp³-hybridized carbons (Fsp3) is 0.556. The Morgan fingerprint density at radius 1 is 1.48 bits per heavy atom. The van der Waals surface area contributed by atoms with E-state index >= 15 is 0 Å². The zero-order valence-corrected chi connectivity index (χ0v) is 15.8. The van der Waals surface area contributed by atoms with Gasteiger partial charge in [-0.3, -0.25) is 9.69 Å². The summed E-state index contributed by atoms with van der Waals surface area (Å²) in [6, 6.07) is 7.53. The van der Waals surface area contributed by atoms with Gasteiger partial charge in [-0.15, -0.1) is 0 Å². The summed E-state index contributed by atoms with van der Waals surface area (Å²) in [5, 5.41) is 19.8. The number of carbonyl (C=O) groups excluding carboxylic acids is 1. The van der Waals surface area contributed by atoms with Crippen LogP contribution < -0.4 is 4.90 Å². The molecule has 1 amide bonds. The molecule has 6 nitrogen and oxygen atoms in total. The summed E-state index contributed by atoms with van der Waals surface area (Å²) in [6.07, 6.45) is 0.129. The molecule has 4 aliphatic rings. The van der Waals surface area contributed by atoms with Crippen molar-refractivity contribution in [1.29, 1.82) is 5.26 Å². The van der Waals surface area contributed by atoms with Gasteiger partial charge in [0.25, 0.3) is 0 Å². The summed E-state index contributed by atoms with van der Waals surface area (Å²) in [5.41, 5.74) is 0.0130. The van der Waals surface area contributed by atoms with Crippen LogP contribution in [0.5, 0.6) is 0 Å². The Hall–Kier alpha value is -1.21. The van der Waals surface area contributed by atoms with E-state index in [1.54, 1.807) is 17.0 Å². The minimum absolute atomic E-state index is 0.00585. The van der Waals surface area contributed by atoms with E-state index in [-0.39, 0.29) is 17.7 Å². The van der Waals surface area contributed by atoms with Crippen molar-refractivity contribution in [2.24, 2.45) is 11.8 Å². The SMILES string of the molecule is C[C@@]12C[C@H](O)[C@]3(CCO[C@H]4[C@@H]3[C@@H]1C(=O)N4c1ccc(C#N)c(I)c1)O2. The molecule has 130 valence electrons. The second kappa shape index (κ2) is 4.94. The van der Waals surface area contributed by atoms with Gasteiger partial charge in [-0.1, -0.05) is 0 Å². The lowest BCUT2D eigenvalue weighted by molar-refractivity contribution is -0.163. The number of aliphatic hydroxyl groups is 1. The number of hydrogen-bond acceptors (Lipinski definition) is 5. The molecule has 6 atom stereocenters. The molecule has 4 heterocycles. The molecule has 4 fully saturated rings. The van der Waals surface area contributed by atoms with Crippen molar-refractivity contribution in [3.63, 3.8) is 0 Å². The van der Waals surface area contributed by atoms with Crippen molar-refractivity contribution in [3.05, 3.63) is 27.3 Å². The zero-order valence-electron chi connectivity index (χ0n) is 13.6. The van der Waals surface area contributed by atoms with Gasteiger partial charge in [0.05, 0.1) is 35.7 Å². The molecular weight excluding hydrogens is 435 g/mol. The predicted molar refractivity (Wildman–Crippen MR) is 95.5 cm³/mol. The van der Waals surface area contributed by atoms with E-state index in [4.69, 9.17) is 14.7 Å². The van der Waals surface area contributed by atoms with E-state index in [1.807, 2.05) is 13.0 Å². The van der Waals surface area contributed by atoms with Gasteiger partial charge >= 0.3 is 0 Å². The Labute approximate surface area is 158 Å². The van der Waals surface area contributed by atoms with Gasteiger partial charge in [-0.2, -0.15) is 5.26 Å². The lowest BCUT2D eigenvalue weighted by Crippen LogP contribution is -2.56. The van der Waals surface area contributed by atoms with Crippen LogP contribution in [0.2, 0.25) is 0 Å². The van der Waals surface area contributed by atoms with Gasteiger partial charge < -0.3 is 14.6 Å². The third-order valence-corrected chi connectivity index (χ3v) is 7.26. The number of ether oxygens (including phenoxy) is 2. The molecule has 0 saturated carbocycles. The number of hydrogen-bond donors (Lipinski definition) is 1. The number of anilines is 1. The van der Waals surface area contributed by atoms with Crippen molar-refractivity contribution >= 4 is 34.2 Å². The average molecular weight is 452 g/mol. The van der Waals surface area contributed by atoms with Gasteiger partial charge in [0.2, 0.25) is 5.91 Å². The zero-order chi connectivity index (χ0) is 17.6.